The molecule has 2 rings (SSSR count). The Kier molecular flexibility index (Phi) is 17.2. The Morgan fingerprint density at radius 2 is 1.33 bits per heavy atom. The molecule has 1 unspecified atom stereocenters. The summed E-state index contributed by atoms with van der Waals surface area (Å²) >= 11 is 0. The lowest BCUT2D eigenvalue weighted by Crippen LogP contribution is -2.51. The molecular formula is C38H59N5O3. The number of rotatable bonds is 20. The van der Waals surface area contributed by atoms with E-state index in [2.05, 4.69) is 31.7 Å². The zero-order chi connectivity index (χ0) is 34.1. The molecule has 0 saturated carbocycles. The average Bonchev–Trinajstić information content (AvgIpc) is 3.03. The Labute approximate surface area is 279 Å². The van der Waals surface area contributed by atoms with Crippen LogP contribution in [-0.2, 0) is 9.59 Å². The van der Waals surface area contributed by atoms with E-state index in [1.807, 2.05) is 65.0 Å². The molecule has 2 amide bonds. The van der Waals surface area contributed by atoms with Crippen molar-refractivity contribution in [2.24, 2.45) is 0 Å². The third-order valence-electron chi connectivity index (χ3n) is 8.48. The summed E-state index contributed by atoms with van der Waals surface area (Å²) in [6.07, 6.45) is 12.7. The molecule has 1 heterocycles. The fourth-order valence-corrected chi connectivity index (χ4v) is 5.97. The molecule has 1 aromatic carbocycles. The van der Waals surface area contributed by atoms with Crippen LogP contribution in [0.2, 0.25) is 0 Å². The van der Waals surface area contributed by atoms with Crippen molar-refractivity contribution in [3.05, 3.63) is 47.7 Å². The van der Waals surface area contributed by atoms with Crippen molar-refractivity contribution in [3.63, 3.8) is 0 Å². The van der Waals surface area contributed by atoms with Gasteiger partial charge in [0.2, 0.25) is 0 Å². The van der Waals surface area contributed by atoms with Crippen LogP contribution < -0.4 is 14.5 Å². The zero-order valence-corrected chi connectivity index (χ0v) is 29.8. The first-order valence-corrected chi connectivity index (χ1v) is 17.6. The summed E-state index contributed by atoms with van der Waals surface area (Å²) in [6, 6.07) is 11.8. The number of unbranched alkanes of at least 4 members (excludes halogenated alkanes) is 9. The van der Waals surface area contributed by atoms with Gasteiger partial charge in [-0.15, -0.1) is 0 Å². The van der Waals surface area contributed by atoms with E-state index in [0.717, 1.165) is 37.5 Å². The minimum atomic E-state index is -1.03. The number of nitriles is 1. The number of carbonyl (C=O) groups is 2. The molecule has 8 heteroatoms. The molecule has 0 spiro atoms. The molecule has 254 valence electrons. The fraction of sp³-hybridized carbons (Fsp3) is 0.632. The quantitative estimate of drug-likeness (QED) is 0.107. The second-order valence-electron chi connectivity index (χ2n) is 12.7. The van der Waals surface area contributed by atoms with Gasteiger partial charge in [0.1, 0.15) is 17.6 Å². The van der Waals surface area contributed by atoms with Crippen molar-refractivity contribution in [2.75, 3.05) is 29.5 Å². The van der Waals surface area contributed by atoms with Crippen molar-refractivity contribution < 1.29 is 14.3 Å². The number of hydrogen-bond acceptors (Lipinski definition) is 6. The van der Waals surface area contributed by atoms with E-state index in [1.54, 1.807) is 11.0 Å². The van der Waals surface area contributed by atoms with Gasteiger partial charge in [-0.1, -0.05) is 76.8 Å². The first-order valence-electron chi connectivity index (χ1n) is 17.6. The van der Waals surface area contributed by atoms with E-state index in [-0.39, 0.29) is 12.1 Å². The number of pyridine rings is 1. The lowest BCUT2D eigenvalue weighted by molar-refractivity contribution is -0.147. The minimum Gasteiger partial charge on any atom is -0.494 e. The summed E-state index contributed by atoms with van der Waals surface area (Å²) in [6.45, 7) is 17.9. The average molecular weight is 634 g/mol. The van der Waals surface area contributed by atoms with Crippen LogP contribution in [-0.4, -0.2) is 53.5 Å². The number of hydrogen-bond donors (Lipinski definition) is 0. The molecule has 0 aliphatic rings. The van der Waals surface area contributed by atoms with Gasteiger partial charge in [-0.05, 0) is 84.7 Å². The Morgan fingerprint density at radius 3 is 1.80 bits per heavy atom. The number of carbonyl (C=O) groups excluding carboxylic acids is 2. The number of aryl methyl sites for hydroxylation is 1. The fourth-order valence-electron chi connectivity index (χ4n) is 5.97. The Bertz CT molecular complexity index is 1230. The van der Waals surface area contributed by atoms with Crippen LogP contribution in [0.25, 0.3) is 0 Å². The van der Waals surface area contributed by atoms with E-state index in [0.29, 0.717) is 23.6 Å². The number of benzene rings is 1. The third kappa shape index (κ3) is 11.3. The molecule has 0 N–H and O–H groups in total. The van der Waals surface area contributed by atoms with Crippen molar-refractivity contribution in [2.45, 2.75) is 138 Å². The molecule has 2 aromatic rings. The Hall–Kier alpha value is -3.60. The van der Waals surface area contributed by atoms with Gasteiger partial charge in [0, 0.05) is 25.2 Å². The lowest BCUT2D eigenvalue weighted by atomic mass is 10.0. The van der Waals surface area contributed by atoms with E-state index in [1.165, 1.54) is 56.3 Å². The largest absolute Gasteiger partial charge is 0.494 e. The van der Waals surface area contributed by atoms with Crippen LogP contribution in [0.4, 0.5) is 11.5 Å². The maximum absolute atomic E-state index is 14.1. The number of ether oxygens (including phenoxy) is 1. The van der Waals surface area contributed by atoms with Gasteiger partial charge < -0.3 is 14.5 Å². The predicted octanol–water partition coefficient (Wildman–Crippen LogP) is 8.78. The van der Waals surface area contributed by atoms with Crippen LogP contribution in [0.3, 0.4) is 0 Å². The maximum atomic E-state index is 14.1. The standard InChI is InChI=1S/C38H59N5O3/c1-9-12-13-14-15-16-17-18-19-20-27-46-33-23-21-32(22-24-33)35(28-39)43(38(45)37(44)42(29(4)5)30(6)7)34-25-26-36(40-31(34)8)41(10-2)11-3/h21-26,29-30,35H,9-20,27H2,1-8H3. The molecular weight excluding hydrogens is 574 g/mol. The van der Waals surface area contributed by atoms with Gasteiger partial charge in [-0.25, -0.2) is 4.98 Å². The number of nitrogens with zero attached hydrogens (tertiary/aromatic N) is 5. The number of aromatic nitrogens is 1. The summed E-state index contributed by atoms with van der Waals surface area (Å²) in [7, 11) is 0. The maximum Gasteiger partial charge on any atom is 0.318 e. The van der Waals surface area contributed by atoms with Gasteiger partial charge in [0.25, 0.3) is 0 Å². The summed E-state index contributed by atoms with van der Waals surface area (Å²) in [5, 5.41) is 10.5. The third-order valence-corrected chi connectivity index (χ3v) is 8.48. The lowest BCUT2D eigenvalue weighted by Gasteiger charge is -2.34. The monoisotopic (exact) mass is 633 g/mol. The van der Waals surface area contributed by atoms with E-state index >= 15 is 0 Å². The molecule has 0 bridgehead atoms. The summed E-state index contributed by atoms with van der Waals surface area (Å²) < 4.78 is 6.00. The smallest absolute Gasteiger partial charge is 0.318 e. The Morgan fingerprint density at radius 1 is 0.783 bits per heavy atom. The second kappa shape index (κ2) is 20.5. The highest BCUT2D eigenvalue weighted by Gasteiger charge is 2.37. The highest BCUT2D eigenvalue weighted by atomic mass is 16.5. The normalized spacial score (nSPS) is 11.8. The van der Waals surface area contributed by atoms with Crippen molar-refractivity contribution in [1.82, 2.24) is 9.88 Å². The minimum absolute atomic E-state index is 0.185. The van der Waals surface area contributed by atoms with Crippen molar-refractivity contribution >= 4 is 23.3 Å². The highest BCUT2D eigenvalue weighted by Crippen LogP contribution is 2.32. The predicted molar refractivity (Wildman–Crippen MR) is 189 cm³/mol. The van der Waals surface area contributed by atoms with Gasteiger partial charge in [-0.3, -0.25) is 14.5 Å². The molecule has 0 aliphatic carbocycles. The number of anilines is 2. The van der Waals surface area contributed by atoms with Crippen molar-refractivity contribution in [1.29, 1.82) is 5.26 Å². The SMILES string of the molecule is CCCCCCCCCCCCOc1ccc(C(C#N)N(C(=O)C(=O)N(C(C)C)C(C)C)c2ccc(N(CC)CC)nc2C)cc1. The van der Waals surface area contributed by atoms with Crippen LogP contribution in [0.5, 0.6) is 5.75 Å². The van der Waals surface area contributed by atoms with Gasteiger partial charge in [0.15, 0.2) is 0 Å². The summed E-state index contributed by atoms with van der Waals surface area (Å²) in [5.41, 5.74) is 1.61. The molecule has 46 heavy (non-hydrogen) atoms. The van der Waals surface area contributed by atoms with Gasteiger partial charge in [0.05, 0.1) is 24.1 Å². The van der Waals surface area contributed by atoms with E-state index in [9.17, 15) is 14.9 Å². The summed E-state index contributed by atoms with van der Waals surface area (Å²) in [5.74, 6) is 0.107. The first-order chi connectivity index (χ1) is 22.1. The molecule has 0 aliphatic heterocycles. The molecule has 1 atom stereocenters. The van der Waals surface area contributed by atoms with Crippen LogP contribution >= 0.6 is 0 Å². The summed E-state index contributed by atoms with van der Waals surface area (Å²) in [4.78, 5) is 37.5. The van der Waals surface area contributed by atoms with Crippen molar-refractivity contribution in [3.8, 4) is 11.8 Å². The van der Waals surface area contributed by atoms with Gasteiger partial charge >= 0.3 is 11.8 Å². The van der Waals surface area contributed by atoms with E-state index in [4.69, 9.17) is 9.72 Å². The molecule has 0 saturated heterocycles. The van der Waals surface area contributed by atoms with E-state index < -0.39 is 17.9 Å². The van der Waals surface area contributed by atoms with Gasteiger partial charge in [-0.2, -0.15) is 5.26 Å². The molecule has 0 fully saturated rings. The molecule has 1 aromatic heterocycles. The van der Waals surface area contributed by atoms with Crippen LogP contribution in [0.1, 0.15) is 130 Å². The highest BCUT2D eigenvalue weighted by molar-refractivity contribution is 6.40. The Balaban J connectivity index is 2.21. The zero-order valence-electron chi connectivity index (χ0n) is 29.8. The van der Waals surface area contributed by atoms with Crippen LogP contribution in [0, 0.1) is 18.3 Å². The van der Waals surface area contributed by atoms with Crippen LogP contribution in [0.15, 0.2) is 36.4 Å². The molecule has 8 nitrogen and oxygen atoms in total. The first kappa shape index (κ1) is 38.6. The number of amides is 2. The molecule has 0 radical (unpaired) electrons. The second-order valence-corrected chi connectivity index (χ2v) is 12.7. The topological polar surface area (TPSA) is 89.8 Å².